The van der Waals surface area contributed by atoms with Gasteiger partial charge in [0.25, 0.3) is 0 Å². The van der Waals surface area contributed by atoms with E-state index in [0.29, 0.717) is 47.7 Å². The molecule has 8 nitrogen and oxygen atoms in total. The van der Waals surface area contributed by atoms with Crippen molar-refractivity contribution in [2.75, 3.05) is 7.11 Å². The average molecular weight is 517 g/mol. The molecule has 3 aromatic heterocycles. The third kappa shape index (κ3) is 4.22. The number of halogens is 2. The number of rotatable bonds is 5. The van der Waals surface area contributed by atoms with Crippen LogP contribution < -0.4 is 9.61 Å². The number of nitrogens with one attached hydrogen (secondary N) is 1. The fourth-order valence-electron chi connectivity index (χ4n) is 3.19. The number of benzene rings is 2. The Balaban J connectivity index is 1.66. The summed E-state index contributed by atoms with van der Waals surface area (Å²) in [5.41, 5.74) is 2.55. The van der Waals surface area contributed by atoms with E-state index >= 15 is 0 Å². The molecule has 0 bridgehead atoms. The zero-order chi connectivity index (χ0) is 23.1. The maximum atomic E-state index is 11.8. The second kappa shape index (κ2) is 8.79. The molecule has 0 amide bonds. The Hall–Kier alpha value is -2.92. The minimum absolute atomic E-state index is 0.186. The summed E-state index contributed by atoms with van der Waals surface area (Å²) in [5, 5.41) is 10.5. The predicted molar refractivity (Wildman–Crippen MR) is 130 cm³/mol. The molecule has 0 atom stereocenters. The molecule has 33 heavy (non-hydrogen) atoms. The first-order valence-corrected chi connectivity index (χ1v) is 11.9. The monoisotopic (exact) mass is 516 g/mol. The summed E-state index contributed by atoms with van der Waals surface area (Å²) in [6, 6.07) is 10.9. The molecule has 3 heterocycles. The SMILES string of the molecule is COc1ccc(-n2c(C)nnc2Sc2nc3cc(Cl)c(Cl)cc3nc2-c2c[nH]c(=O)s2)cc1. The van der Waals surface area contributed by atoms with E-state index in [0.717, 1.165) is 22.8 Å². The largest absolute Gasteiger partial charge is 0.497 e. The first-order chi connectivity index (χ1) is 15.9. The van der Waals surface area contributed by atoms with Crippen LogP contribution in [0.4, 0.5) is 0 Å². The van der Waals surface area contributed by atoms with Gasteiger partial charge in [0.05, 0.1) is 33.1 Å². The normalized spacial score (nSPS) is 11.3. The van der Waals surface area contributed by atoms with Crippen LogP contribution in [0.1, 0.15) is 5.82 Å². The van der Waals surface area contributed by atoms with Crippen molar-refractivity contribution < 1.29 is 4.74 Å². The lowest BCUT2D eigenvalue weighted by atomic mass is 10.3. The second-order valence-electron chi connectivity index (χ2n) is 6.84. The van der Waals surface area contributed by atoms with Crippen LogP contribution in [0.3, 0.4) is 0 Å². The smallest absolute Gasteiger partial charge is 0.305 e. The van der Waals surface area contributed by atoms with E-state index in [1.54, 1.807) is 25.4 Å². The van der Waals surface area contributed by atoms with Crippen LogP contribution in [0.2, 0.25) is 10.0 Å². The minimum Gasteiger partial charge on any atom is -0.497 e. The van der Waals surface area contributed by atoms with E-state index in [9.17, 15) is 4.79 Å². The van der Waals surface area contributed by atoms with E-state index in [4.69, 9.17) is 37.9 Å². The van der Waals surface area contributed by atoms with Gasteiger partial charge >= 0.3 is 4.87 Å². The maximum absolute atomic E-state index is 11.8. The molecule has 1 N–H and O–H groups in total. The number of H-pyrrole nitrogens is 1. The predicted octanol–water partition coefficient (Wildman–Crippen LogP) is 5.40. The van der Waals surface area contributed by atoms with Gasteiger partial charge in [0.15, 0.2) is 0 Å². The number of fused-ring (bicyclic) bond motifs is 1. The number of hydrogen-bond acceptors (Lipinski definition) is 8. The fourth-order valence-corrected chi connectivity index (χ4v) is 5.23. The Bertz CT molecular complexity index is 1550. The Labute approximate surface area is 205 Å². The molecule has 5 aromatic rings. The summed E-state index contributed by atoms with van der Waals surface area (Å²) in [6.45, 7) is 1.87. The van der Waals surface area contributed by atoms with Gasteiger partial charge in [0.1, 0.15) is 22.3 Å². The van der Waals surface area contributed by atoms with E-state index in [-0.39, 0.29) is 4.87 Å². The van der Waals surface area contributed by atoms with Gasteiger partial charge in [0, 0.05) is 11.9 Å². The molecule has 0 unspecified atom stereocenters. The van der Waals surface area contributed by atoms with Crippen LogP contribution in [0.5, 0.6) is 5.75 Å². The zero-order valence-electron chi connectivity index (χ0n) is 17.2. The van der Waals surface area contributed by atoms with Gasteiger partial charge in [-0.25, -0.2) is 9.97 Å². The van der Waals surface area contributed by atoms with Crippen LogP contribution in [0.15, 0.2) is 57.6 Å². The number of aromatic nitrogens is 6. The number of nitrogens with zero attached hydrogens (tertiary/aromatic N) is 5. The molecule has 0 saturated carbocycles. The topological polar surface area (TPSA) is 98.6 Å². The highest BCUT2D eigenvalue weighted by atomic mass is 35.5. The molecule has 0 saturated heterocycles. The summed E-state index contributed by atoms with van der Waals surface area (Å²) in [5.74, 6) is 1.46. The van der Waals surface area contributed by atoms with Crippen molar-refractivity contribution in [3.05, 3.63) is 68.1 Å². The Morgan fingerprint density at radius 1 is 1.06 bits per heavy atom. The van der Waals surface area contributed by atoms with Gasteiger partial charge in [-0.1, -0.05) is 34.5 Å². The number of ether oxygens (including phenoxy) is 1. The number of aryl methyl sites for hydroxylation is 1. The van der Waals surface area contributed by atoms with Crippen LogP contribution >= 0.6 is 46.3 Å². The summed E-state index contributed by atoms with van der Waals surface area (Å²) in [6.07, 6.45) is 1.61. The van der Waals surface area contributed by atoms with Crippen molar-refractivity contribution in [2.45, 2.75) is 17.1 Å². The maximum Gasteiger partial charge on any atom is 0.305 e. The van der Waals surface area contributed by atoms with Crippen molar-refractivity contribution in [1.29, 1.82) is 0 Å². The molecule has 0 aliphatic rings. The molecule has 12 heteroatoms. The van der Waals surface area contributed by atoms with E-state index in [1.165, 1.54) is 11.8 Å². The number of aromatic amines is 1. The van der Waals surface area contributed by atoms with Gasteiger partial charge in [-0.15, -0.1) is 10.2 Å². The van der Waals surface area contributed by atoms with Crippen LogP contribution in [-0.2, 0) is 0 Å². The Morgan fingerprint density at radius 3 is 2.39 bits per heavy atom. The Kier molecular flexibility index (Phi) is 5.83. The van der Waals surface area contributed by atoms with Crippen molar-refractivity contribution in [3.63, 3.8) is 0 Å². The molecule has 0 aliphatic heterocycles. The van der Waals surface area contributed by atoms with Crippen LogP contribution in [-0.4, -0.2) is 36.8 Å². The van der Waals surface area contributed by atoms with Crippen molar-refractivity contribution in [1.82, 2.24) is 29.7 Å². The molecule has 0 spiro atoms. The zero-order valence-corrected chi connectivity index (χ0v) is 20.3. The van der Waals surface area contributed by atoms with Gasteiger partial charge in [0.2, 0.25) is 5.16 Å². The molecule has 0 aliphatic carbocycles. The summed E-state index contributed by atoms with van der Waals surface area (Å²) < 4.78 is 7.17. The lowest BCUT2D eigenvalue weighted by Crippen LogP contribution is -2.00. The molecule has 0 radical (unpaired) electrons. The van der Waals surface area contributed by atoms with Crippen molar-refractivity contribution >= 4 is 57.3 Å². The third-order valence-electron chi connectivity index (χ3n) is 4.75. The molecular weight excluding hydrogens is 503 g/mol. The molecule has 0 fully saturated rings. The lowest BCUT2D eigenvalue weighted by molar-refractivity contribution is 0.414. The van der Waals surface area contributed by atoms with Gasteiger partial charge in [-0.05, 0) is 55.1 Å². The van der Waals surface area contributed by atoms with Gasteiger partial charge < -0.3 is 9.72 Å². The number of hydrogen-bond donors (Lipinski definition) is 1. The first-order valence-electron chi connectivity index (χ1n) is 9.53. The van der Waals surface area contributed by atoms with E-state index in [2.05, 4.69) is 15.2 Å². The summed E-state index contributed by atoms with van der Waals surface area (Å²) in [7, 11) is 1.62. The van der Waals surface area contributed by atoms with E-state index in [1.807, 2.05) is 35.8 Å². The van der Waals surface area contributed by atoms with Crippen LogP contribution in [0, 0.1) is 6.92 Å². The van der Waals surface area contributed by atoms with E-state index < -0.39 is 0 Å². The first kappa shape index (κ1) is 21.9. The highest BCUT2D eigenvalue weighted by Gasteiger charge is 2.20. The molecule has 2 aromatic carbocycles. The van der Waals surface area contributed by atoms with Gasteiger partial charge in [-0.2, -0.15) is 0 Å². The summed E-state index contributed by atoms with van der Waals surface area (Å²) >= 11 is 14.7. The minimum atomic E-state index is -0.186. The number of thiazole rings is 1. The number of methoxy groups -OCH3 is 1. The molecule has 166 valence electrons. The average Bonchev–Trinajstić information content (AvgIpc) is 3.40. The van der Waals surface area contributed by atoms with Crippen molar-refractivity contribution in [3.8, 4) is 22.0 Å². The Morgan fingerprint density at radius 2 is 1.76 bits per heavy atom. The highest BCUT2D eigenvalue weighted by Crippen LogP contribution is 2.37. The fraction of sp³-hybridized carbons (Fsp3) is 0.0952. The standard InChI is InChI=1S/C21H14Cl2N6O2S2/c1-10-27-28-20(29(10)11-3-5-12(31-2)6-4-11)33-19-18(17-9-24-21(30)32-17)25-15-7-13(22)14(23)8-16(15)26-19/h3-9H,1-2H3,(H,24,30). The van der Waals surface area contributed by atoms with Crippen molar-refractivity contribution in [2.24, 2.45) is 0 Å². The second-order valence-corrected chi connectivity index (χ2v) is 9.63. The quantitative estimate of drug-likeness (QED) is 0.333. The molecule has 5 rings (SSSR count). The highest BCUT2D eigenvalue weighted by molar-refractivity contribution is 7.99. The third-order valence-corrected chi connectivity index (χ3v) is 7.23. The van der Waals surface area contributed by atoms with Gasteiger partial charge in [-0.3, -0.25) is 9.36 Å². The molecular formula is C21H14Cl2N6O2S2. The lowest BCUT2D eigenvalue weighted by Gasteiger charge is -2.11. The van der Waals surface area contributed by atoms with Crippen LogP contribution in [0.25, 0.3) is 27.3 Å². The summed E-state index contributed by atoms with van der Waals surface area (Å²) in [4.78, 5) is 24.5.